The summed E-state index contributed by atoms with van der Waals surface area (Å²) >= 11 is 1.95. The summed E-state index contributed by atoms with van der Waals surface area (Å²) in [5.74, 6) is 2.12. The quantitative estimate of drug-likeness (QED) is 0.696. The third-order valence-corrected chi connectivity index (χ3v) is 3.75. The van der Waals surface area contributed by atoms with Gasteiger partial charge in [0.2, 0.25) is 5.91 Å². The second-order valence-electron chi connectivity index (χ2n) is 4.11. The molecule has 1 amide bonds. The lowest BCUT2D eigenvalue weighted by Gasteiger charge is -2.20. The van der Waals surface area contributed by atoms with Crippen LogP contribution in [0.1, 0.15) is 32.1 Å². The summed E-state index contributed by atoms with van der Waals surface area (Å²) < 4.78 is 0. The van der Waals surface area contributed by atoms with Gasteiger partial charge in [0.15, 0.2) is 0 Å². The molecule has 16 heavy (non-hydrogen) atoms. The third kappa shape index (κ3) is 6.00. The molecule has 92 valence electrons. The molecule has 1 fully saturated rings. The molecule has 0 aromatic carbocycles. The maximum Gasteiger partial charge on any atom is 0.303 e. The van der Waals surface area contributed by atoms with E-state index in [1.54, 1.807) is 0 Å². The Bertz CT molecular complexity index is 239. The van der Waals surface area contributed by atoms with Crippen LogP contribution in [-0.2, 0) is 9.59 Å². The van der Waals surface area contributed by atoms with Crippen molar-refractivity contribution in [3.63, 3.8) is 0 Å². The Morgan fingerprint density at radius 1 is 1.31 bits per heavy atom. The Kier molecular flexibility index (Phi) is 6.30. The first-order chi connectivity index (χ1) is 7.68. The van der Waals surface area contributed by atoms with Crippen LogP contribution in [0.2, 0.25) is 0 Å². The maximum atomic E-state index is 11.5. The predicted octanol–water partition coefficient (Wildman–Crippen LogP) is 1.50. The second kappa shape index (κ2) is 7.54. The first-order valence-electron chi connectivity index (χ1n) is 5.74. The summed E-state index contributed by atoms with van der Waals surface area (Å²) in [5.41, 5.74) is 0. The van der Waals surface area contributed by atoms with E-state index in [1.165, 1.54) is 0 Å². The highest BCUT2D eigenvalue weighted by atomic mass is 32.2. The molecular weight excluding hydrogens is 226 g/mol. The van der Waals surface area contributed by atoms with E-state index >= 15 is 0 Å². The van der Waals surface area contributed by atoms with E-state index in [-0.39, 0.29) is 12.3 Å². The van der Waals surface area contributed by atoms with E-state index < -0.39 is 5.97 Å². The van der Waals surface area contributed by atoms with Crippen LogP contribution in [0.5, 0.6) is 0 Å². The lowest BCUT2D eigenvalue weighted by molar-refractivity contribution is -0.137. The summed E-state index contributed by atoms with van der Waals surface area (Å²) in [6.45, 7) is 0.479. The van der Waals surface area contributed by atoms with Gasteiger partial charge in [-0.2, -0.15) is 11.8 Å². The Morgan fingerprint density at radius 2 is 2.00 bits per heavy atom. The van der Waals surface area contributed by atoms with Crippen LogP contribution in [0.4, 0.5) is 0 Å². The first kappa shape index (κ1) is 13.4. The summed E-state index contributed by atoms with van der Waals surface area (Å²) in [4.78, 5) is 21.7. The SMILES string of the molecule is O=C(O)CCCNC(=O)CC1CCSCC1. The van der Waals surface area contributed by atoms with E-state index in [2.05, 4.69) is 5.32 Å². The van der Waals surface area contributed by atoms with E-state index in [1.807, 2.05) is 11.8 Å². The number of rotatable bonds is 6. The fourth-order valence-electron chi connectivity index (χ4n) is 1.75. The standard InChI is InChI=1S/C11H19NO3S/c13-10(12-5-1-2-11(14)15)8-9-3-6-16-7-4-9/h9H,1-8H2,(H,12,13)(H,14,15). The molecule has 0 saturated carbocycles. The minimum Gasteiger partial charge on any atom is -0.481 e. The molecule has 0 aromatic rings. The van der Waals surface area contributed by atoms with Gasteiger partial charge in [-0.15, -0.1) is 0 Å². The molecule has 0 spiro atoms. The molecule has 4 nitrogen and oxygen atoms in total. The van der Waals surface area contributed by atoms with Gasteiger partial charge in [-0.05, 0) is 36.7 Å². The molecular formula is C11H19NO3S. The highest BCUT2D eigenvalue weighted by Gasteiger charge is 2.16. The molecule has 0 unspecified atom stereocenters. The molecule has 1 aliphatic heterocycles. The molecule has 0 radical (unpaired) electrons. The Hall–Kier alpha value is -0.710. The number of amides is 1. The normalized spacial score (nSPS) is 17.0. The molecule has 0 atom stereocenters. The minimum atomic E-state index is -0.807. The second-order valence-corrected chi connectivity index (χ2v) is 5.33. The van der Waals surface area contributed by atoms with Gasteiger partial charge in [-0.3, -0.25) is 9.59 Å². The lowest BCUT2D eigenvalue weighted by Crippen LogP contribution is -2.28. The third-order valence-electron chi connectivity index (χ3n) is 2.70. The van der Waals surface area contributed by atoms with Gasteiger partial charge in [0, 0.05) is 19.4 Å². The highest BCUT2D eigenvalue weighted by molar-refractivity contribution is 7.99. The van der Waals surface area contributed by atoms with Crippen LogP contribution in [-0.4, -0.2) is 35.0 Å². The fourth-order valence-corrected chi connectivity index (χ4v) is 2.96. The average molecular weight is 245 g/mol. The van der Waals surface area contributed by atoms with E-state index in [0.29, 0.717) is 25.3 Å². The predicted molar refractivity (Wildman–Crippen MR) is 64.5 cm³/mol. The molecule has 0 aromatic heterocycles. The van der Waals surface area contributed by atoms with Gasteiger partial charge in [-0.1, -0.05) is 0 Å². The Morgan fingerprint density at radius 3 is 2.62 bits per heavy atom. The monoisotopic (exact) mass is 245 g/mol. The number of nitrogens with one attached hydrogen (secondary N) is 1. The molecule has 1 saturated heterocycles. The van der Waals surface area contributed by atoms with Crippen molar-refractivity contribution in [2.24, 2.45) is 5.92 Å². The fraction of sp³-hybridized carbons (Fsp3) is 0.818. The molecule has 2 N–H and O–H groups in total. The average Bonchev–Trinajstić information content (AvgIpc) is 2.25. The van der Waals surface area contributed by atoms with E-state index in [4.69, 9.17) is 5.11 Å². The van der Waals surface area contributed by atoms with Crippen LogP contribution in [0.3, 0.4) is 0 Å². The molecule has 1 rings (SSSR count). The number of carbonyl (C=O) groups is 2. The number of carboxylic acid groups (broad SMARTS) is 1. The topological polar surface area (TPSA) is 66.4 Å². The van der Waals surface area contributed by atoms with Gasteiger partial charge in [-0.25, -0.2) is 0 Å². The zero-order valence-electron chi connectivity index (χ0n) is 9.41. The van der Waals surface area contributed by atoms with Crippen molar-refractivity contribution in [2.45, 2.75) is 32.1 Å². The number of hydrogen-bond donors (Lipinski definition) is 2. The Labute approximate surface area is 100 Å². The van der Waals surface area contributed by atoms with Crippen LogP contribution in [0, 0.1) is 5.92 Å². The zero-order chi connectivity index (χ0) is 11.8. The van der Waals surface area contributed by atoms with Crippen LogP contribution in [0.25, 0.3) is 0 Å². The van der Waals surface area contributed by atoms with Gasteiger partial charge < -0.3 is 10.4 Å². The molecule has 1 heterocycles. The molecule has 0 aliphatic carbocycles. The van der Waals surface area contributed by atoms with Crippen molar-refractivity contribution in [1.29, 1.82) is 0 Å². The summed E-state index contributed by atoms with van der Waals surface area (Å²) in [7, 11) is 0. The van der Waals surface area contributed by atoms with Crippen molar-refractivity contribution in [3.05, 3.63) is 0 Å². The van der Waals surface area contributed by atoms with Crippen LogP contribution >= 0.6 is 11.8 Å². The molecule has 0 bridgehead atoms. The van der Waals surface area contributed by atoms with Crippen molar-refractivity contribution < 1.29 is 14.7 Å². The summed E-state index contributed by atoms with van der Waals surface area (Å²) in [5, 5.41) is 11.2. The lowest BCUT2D eigenvalue weighted by atomic mass is 9.98. The van der Waals surface area contributed by atoms with Crippen LogP contribution in [0.15, 0.2) is 0 Å². The van der Waals surface area contributed by atoms with Crippen molar-refractivity contribution in [3.8, 4) is 0 Å². The van der Waals surface area contributed by atoms with Gasteiger partial charge in [0.05, 0.1) is 0 Å². The smallest absolute Gasteiger partial charge is 0.303 e. The van der Waals surface area contributed by atoms with E-state index in [0.717, 1.165) is 24.3 Å². The van der Waals surface area contributed by atoms with E-state index in [9.17, 15) is 9.59 Å². The number of carboxylic acids is 1. The number of aliphatic carboxylic acids is 1. The number of carbonyl (C=O) groups excluding carboxylic acids is 1. The zero-order valence-corrected chi connectivity index (χ0v) is 10.2. The highest BCUT2D eigenvalue weighted by Crippen LogP contribution is 2.24. The first-order valence-corrected chi connectivity index (χ1v) is 6.90. The van der Waals surface area contributed by atoms with Gasteiger partial charge in [0.1, 0.15) is 0 Å². The minimum absolute atomic E-state index is 0.0716. The largest absolute Gasteiger partial charge is 0.481 e. The molecule has 5 heteroatoms. The van der Waals surface area contributed by atoms with Crippen molar-refractivity contribution in [1.82, 2.24) is 5.32 Å². The summed E-state index contributed by atoms with van der Waals surface area (Å²) in [6, 6.07) is 0. The number of thioether (sulfide) groups is 1. The Balaban J connectivity index is 2.03. The van der Waals surface area contributed by atoms with Gasteiger partial charge in [0.25, 0.3) is 0 Å². The summed E-state index contributed by atoms with van der Waals surface area (Å²) in [6.07, 6.45) is 3.51. The number of hydrogen-bond acceptors (Lipinski definition) is 3. The maximum absolute atomic E-state index is 11.5. The van der Waals surface area contributed by atoms with Crippen molar-refractivity contribution in [2.75, 3.05) is 18.1 Å². The molecule has 1 aliphatic rings. The van der Waals surface area contributed by atoms with Gasteiger partial charge >= 0.3 is 5.97 Å². The van der Waals surface area contributed by atoms with Crippen molar-refractivity contribution >= 4 is 23.6 Å². The van der Waals surface area contributed by atoms with Crippen LogP contribution < -0.4 is 5.32 Å².